The maximum Gasteiger partial charge on any atom is 0.169 e. The lowest BCUT2D eigenvalue weighted by Gasteiger charge is -2.32. The molecule has 3 atom stereocenters. The predicted octanol–water partition coefficient (Wildman–Crippen LogP) is 14.2. The van der Waals surface area contributed by atoms with Crippen LogP contribution < -0.4 is 0 Å². The van der Waals surface area contributed by atoms with Crippen LogP contribution in [0.25, 0.3) is 0 Å². The standard InChI is InChI=1S/C45H83NO2/c1-4-7-9-11-13-15-17-19-21-23-25-27-29-31-33-35-38-45(47-43-37-41-46(40-6-3)42-44(43)48-45)39-36-34-32-30-28-26-24-22-20-18-16-14-12-10-8-5-2/h13,15,19-22,43-44H,4-12,14,16-18,23-42H2,1-3H3/b15-13-,21-19-,22-20-/t43-,44-,45?/m0/s1. The first-order valence-electron chi connectivity index (χ1n) is 21.8. The first-order chi connectivity index (χ1) is 23.7. The molecular weight excluding hydrogens is 587 g/mol. The molecule has 2 saturated heterocycles. The molecular formula is C45H83NO2. The average molecular weight is 670 g/mol. The van der Waals surface area contributed by atoms with Gasteiger partial charge in [-0.15, -0.1) is 0 Å². The Morgan fingerprint density at radius 2 is 0.896 bits per heavy atom. The van der Waals surface area contributed by atoms with Crippen LogP contribution in [0.1, 0.15) is 213 Å². The van der Waals surface area contributed by atoms with Gasteiger partial charge in [-0.25, -0.2) is 0 Å². The first-order valence-corrected chi connectivity index (χ1v) is 21.8. The Kier molecular flexibility index (Phi) is 27.8. The summed E-state index contributed by atoms with van der Waals surface area (Å²) in [6.07, 6.45) is 54.1. The molecule has 0 radical (unpaired) electrons. The summed E-state index contributed by atoms with van der Waals surface area (Å²) in [5.41, 5.74) is 0. The van der Waals surface area contributed by atoms with E-state index in [2.05, 4.69) is 62.1 Å². The van der Waals surface area contributed by atoms with Crippen LogP contribution in [0.5, 0.6) is 0 Å². The van der Waals surface area contributed by atoms with E-state index >= 15 is 0 Å². The highest BCUT2D eigenvalue weighted by molar-refractivity contribution is 4.93. The summed E-state index contributed by atoms with van der Waals surface area (Å²) in [5.74, 6) is -0.312. The van der Waals surface area contributed by atoms with E-state index < -0.39 is 0 Å². The molecule has 0 aromatic rings. The van der Waals surface area contributed by atoms with Crippen LogP contribution in [0.2, 0.25) is 0 Å². The van der Waals surface area contributed by atoms with Crippen molar-refractivity contribution < 1.29 is 9.47 Å². The van der Waals surface area contributed by atoms with Crippen LogP contribution in [0.4, 0.5) is 0 Å². The third kappa shape index (κ3) is 22.0. The Morgan fingerprint density at radius 1 is 0.479 bits per heavy atom. The molecule has 48 heavy (non-hydrogen) atoms. The first kappa shape index (κ1) is 43.3. The smallest absolute Gasteiger partial charge is 0.169 e. The molecule has 2 aliphatic rings. The molecule has 0 aromatic carbocycles. The molecule has 0 amide bonds. The molecule has 2 heterocycles. The second kappa shape index (κ2) is 30.9. The van der Waals surface area contributed by atoms with Crippen molar-refractivity contribution in [3.05, 3.63) is 36.5 Å². The van der Waals surface area contributed by atoms with Crippen LogP contribution in [-0.4, -0.2) is 42.5 Å². The highest BCUT2D eigenvalue weighted by Crippen LogP contribution is 2.40. The minimum Gasteiger partial charge on any atom is -0.344 e. The predicted molar refractivity (Wildman–Crippen MR) is 212 cm³/mol. The molecule has 0 N–H and O–H groups in total. The molecule has 0 saturated carbocycles. The van der Waals surface area contributed by atoms with E-state index in [1.165, 1.54) is 180 Å². The van der Waals surface area contributed by atoms with Crippen molar-refractivity contribution in [2.45, 2.75) is 231 Å². The van der Waals surface area contributed by atoms with Crippen LogP contribution in [-0.2, 0) is 9.47 Å². The number of likely N-dealkylation sites (tertiary alicyclic amines) is 1. The van der Waals surface area contributed by atoms with Gasteiger partial charge in [0.05, 0.1) is 12.2 Å². The highest BCUT2D eigenvalue weighted by Gasteiger charge is 2.48. The van der Waals surface area contributed by atoms with Crippen molar-refractivity contribution in [3.63, 3.8) is 0 Å². The molecule has 2 fully saturated rings. The fraction of sp³-hybridized carbons (Fsp3) is 0.867. The largest absolute Gasteiger partial charge is 0.344 e. The van der Waals surface area contributed by atoms with Gasteiger partial charge in [0.2, 0.25) is 0 Å². The number of hydrogen-bond donors (Lipinski definition) is 0. The lowest BCUT2D eigenvalue weighted by molar-refractivity contribution is -0.185. The van der Waals surface area contributed by atoms with Gasteiger partial charge in [-0.1, -0.05) is 154 Å². The minimum absolute atomic E-state index is 0.281. The van der Waals surface area contributed by atoms with E-state index in [0.717, 1.165) is 32.2 Å². The Morgan fingerprint density at radius 3 is 1.42 bits per heavy atom. The number of fused-ring (bicyclic) bond motifs is 1. The fourth-order valence-corrected chi connectivity index (χ4v) is 7.69. The highest BCUT2D eigenvalue weighted by atomic mass is 16.8. The second-order valence-corrected chi connectivity index (χ2v) is 15.3. The van der Waals surface area contributed by atoms with E-state index in [-0.39, 0.29) is 11.9 Å². The van der Waals surface area contributed by atoms with Crippen LogP contribution in [0.3, 0.4) is 0 Å². The molecule has 280 valence electrons. The van der Waals surface area contributed by atoms with Gasteiger partial charge in [0.1, 0.15) is 0 Å². The van der Waals surface area contributed by atoms with E-state index in [1.54, 1.807) is 0 Å². The zero-order valence-corrected chi connectivity index (χ0v) is 32.7. The third-order valence-corrected chi connectivity index (χ3v) is 10.7. The van der Waals surface area contributed by atoms with Crippen LogP contribution >= 0.6 is 0 Å². The normalized spacial score (nSPS) is 21.8. The topological polar surface area (TPSA) is 21.7 Å². The van der Waals surface area contributed by atoms with Crippen molar-refractivity contribution in [1.29, 1.82) is 0 Å². The Balaban J connectivity index is 1.57. The minimum atomic E-state index is -0.312. The van der Waals surface area contributed by atoms with Gasteiger partial charge in [0.15, 0.2) is 5.79 Å². The lowest BCUT2D eigenvalue weighted by Crippen LogP contribution is -2.45. The molecule has 0 aromatic heterocycles. The van der Waals surface area contributed by atoms with E-state index in [9.17, 15) is 0 Å². The Bertz CT molecular complexity index is 790. The molecule has 0 bridgehead atoms. The summed E-state index contributed by atoms with van der Waals surface area (Å²) in [5, 5.41) is 0. The zero-order chi connectivity index (χ0) is 34.2. The number of ether oxygens (including phenoxy) is 2. The van der Waals surface area contributed by atoms with Gasteiger partial charge in [0.25, 0.3) is 0 Å². The van der Waals surface area contributed by atoms with Gasteiger partial charge in [-0.05, 0) is 90.0 Å². The number of nitrogens with zero attached hydrogens (tertiary/aromatic N) is 1. The number of unbranched alkanes of at least 4 members (excludes halogenated alkanes) is 21. The molecule has 2 rings (SSSR count). The maximum atomic E-state index is 6.89. The summed E-state index contributed by atoms with van der Waals surface area (Å²) >= 11 is 0. The number of rotatable bonds is 33. The Hall–Kier alpha value is -0.900. The molecule has 1 unspecified atom stereocenters. The molecule has 2 aliphatic heterocycles. The van der Waals surface area contributed by atoms with Crippen LogP contribution in [0, 0.1) is 0 Å². The van der Waals surface area contributed by atoms with Gasteiger partial charge in [-0.3, -0.25) is 0 Å². The van der Waals surface area contributed by atoms with Crippen molar-refractivity contribution in [2.75, 3.05) is 19.6 Å². The van der Waals surface area contributed by atoms with Crippen molar-refractivity contribution in [3.8, 4) is 0 Å². The summed E-state index contributed by atoms with van der Waals surface area (Å²) in [4.78, 5) is 2.60. The summed E-state index contributed by atoms with van der Waals surface area (Å²) in [6.45, 7) is 10.3. The molecule has 0 aliphatic carbocycles. The summed E-state index contributed by atoms with van der Waals surface area (Å²) in [6, 6.07) is 0. The lowest BCUT2D eigenvalue weighted by atomic mass is 9.98. The van der Waals surface area contributed by atoms with Crippen molar-refractivity contribution >= 4 is 0 Å². The van der Waals surface area contributed by atoms with Gasteiger partial charge < -0.3 is 14.4 Å². The van der Waals surface area contributed by atoms with E-state index in [4.69, 9.17) is 9.47 Å². The van der Waals surface area contributed by atoms with Crippen molar-refractivity contribution in [1.82, 2.24) is 4.90 Å². The quantitative estimate of drug-likeness (QED) is 0.0513. The average Bonchev–Trinajstić information content (AvgIpc) is 3.45. The number of hydrogen-bond acceptors (Lipinski definition) is 3. The van der Waals surface area contributed by atoms with Crippen molar-refractivity contribution in [2.24, 2.45) is 0 Å². The molecule has 3 nitrogen and oxygen atoms in total. The third-order valence-electron chi connectivity index (χ3n) is 10.7. The van der Waals surface area contributed by atoms with E-state index in [1.807, 2.05) is 0 Å². The second-order valence-electron chi connectivity index (χ2n) is 15.3. The summed E-state index contributed by atoms with van der Waals surface area (Å²) < 4.78 is 13.8. The van der Waals surface area contributed by atoms with Crippen LogP contribution in [0.15, 0.2) is 36.5 Å². The van der Waals surface area contributed by atoms with Gasteiger partial charge >= 0.3 is 0 Å². The summed E-state index contributed by atoms with van der Waals surface area (Å²) in [7, 11) is 0. The number of allylic oxidation sites excluding steroid dienone is 6. The van der Waals surface area contributed by atoms with E-state index in [0.29, 0.717) is 6.10 Å². The fourth-order valence-electron chi connectivity index (χ4n) is 7.69. The molecule has 0 spiro atoms. The maximum absolute atomic E-state index is 6.89. The Labute approximate surface area is 301 Å². The monoisotopic (exact) mass is 670 g/mol. The zero-order valence-electron chi connectivity index (χ0n) is 32.7. The van der Waals surface area contributed by atoms with Gasteiger partial charge in [-0.2, -0.15) is 0 Å². The van der Waals surface area contributed by atoms with Gasteiger partial charge in [0, 0.05) is 25.9 Å². The molecule has 3 heteroatoms. The number of piperidine rings is 1. The SMILES string of the molecule is CCCCC/C=C\C/C=C\CCCCCCCCC1(CCCCCCCC/C=C\CCCCCCCC)O[C@H]2CCN(CCC)C[C@@H]2O1.